The largest absolute Gasteiger partial charge is 0.383 e. The number of methoxy groups -OCH3 is 1. The molecule has 0 aliphatic rings. The maximum Gasteiger partial charge on any atom is 0.248 e. The second-order valence-electron chi connectivity index (χ2n) is 4.63. The van der Waals surface area contributed by atoms with Crippen molar-refractivity contribution in [2.45, 2.75) is 13.5 Å². The predicted molar refractivity (Wildman–Crippen MR) is 86.4 cm³/mol. The third-order valence-corrected chi connectivity index (χ3v) is 3.03. The molecule has 0 atom stereocenters. The van der Waals surface area contributed by atoms with Crippen molar-refractivity contribution in [3.05, 3.63) is 41.7 Å². The number of nitrogens with zero attached hydrogens (tertiary/aromatic N) is 3. The van der Waals surface area contributed by atoms with Gasteiger partial charge in [0.2, 0.25) is 5.95 Å². The number of rotatable bonds is 6. The van der Waals surface area contributed by atoms with Gasteiger partial charge in [-0.3, -0.25) is 5.32 Å². The summed E-state index contributed by atoms with van der Waals surface area (Å²) in [5.74, 6) is 0.484. The maximum atomic E-state index is 5.14. The normalized spacial score (nSPS) is 10.4. The van der Waals surface area contributed by atoms with Crippen LogP contribution in [0.3, 0.4) is 0 Å². The molecule has 0 aliphatic heterocycles. The van der Waals surface area contributed by atoms with Gasteiger partial charge in [0.15, 0.2) is 5.11 Å². The van der Waals surface area contributed by atoms with E-state index in [0.717, 1.165) is 0 Å². The molecule has 0 saturated carbocycles. The number of benzene rings is 1. The van der Waals surface area contributed by atoms with Gasteiger partial charge in [-0.2, -0.15) is 0 Å². The van der Waals surface area contributed by atoms with E-state index >= 15 is 0 Å². The summed E-state index contributed by atoms with van der Waals surface area (Å²) in [6, 6.07) is 8.31. The first kappa shape index (κ1) is 15.4. The zero-order valence-electron chi connectivity index (χ0n) is 12.2. The fourth-order valence-corrected chi connectivity index (χ4v) is 2.03. The van der Waals surface area contributed by atoms with Crippen LogP contribution in [-0.2, 0) is 11.3 Å². The van der Waals surface area contributed by atoms with Gasteiger partial charge in [-0.25, -0.2) is 9.67 Å². The zero-order chi connectivity index (χ0) is 15.1. The lowest BCUT2D eigenvalue weighted by Gasteiger charge is -2.06. The number of nitrogens with one attached hydrogen (secondary N) is 2. The number of hydrogen-bond acceptors (Lipinski definition) is 4. The molecule has 2 rings (SSSR count). The van der Waals surface area contributed by atoms with Gasteiger partial charge in [0.05, 0.1) is 13.2 Å². The predicted octanol–water partition coefficient (Wildman–Crippen LogP) is 1.57. The van der Waals surface area contributed by atoms with Crippen LogP contribution in [0.1, 0.15) is 11.1 Å². The number of anilines is 1. The quantitative estimate of drug-likeness (QED) is 0.624. The molecular weight excluding hydrogens is 286 g/mol. The fraction of sp³-hybridized carbons (Fsp3) is 0.357. The standard InChI is InChI=1S/C14H19N5OS/c1-11-4-3-5-12(8-11)9-19-10-16-13(18-19)17-14(21)15-6-7-20-2/h3-5,8,10H,6-7,9H2,1-2H3,(H2,15,17,18,21). The highest BCUT2D eigenvalue weighted by atomic mass is 32.1. The van der Waals surface area contributed by atoms with Crippen LogP contribution in [0.5, 0.6) is 0 Å². The van der Waals surface area contributed by atoms with Gasteiger partial charge in [-0.05, 0) is 24.7 Å². The minimum absolute atomic E-state index is 0.484. The molecule has 2 aromatic rings. The average Bonchev–Trinajstić information content (AvgIpc) is 2.86. The van der Waals surface area contributed by atoms with Gasteiger partial charge in [0.1, 0.15) is 6.33 Å². The number of aromatic nitrogens is 3. The highest BCUT2D eigenvalue weighted by Gasteiger charge is 2.03. The van der Waals surface area contributed by atoms with Crippen molar-refractivity contribution >= 4 is 23.3 Å². The molecule has 0 radical (unpaired) electrons. The summed E-state index contributed by atoms with van der Waals surface area (Å²) in [5.41, 5.74) is 2.42. The lowest BCUT2D eigenvalue weighted by Crippen LogP contribution is -2.31. The topological polar surface area (TPSA) is 64.0 Å². The summed E-state index contributed by atoms with van der Waals surface area (Å²) in [6.45, 7) is 3.99. The van der Waals surface area contributed by atoms with E-state index in [-0.39, 0.29) is 0 Å². The van der Waals surface area contributed by atoms with E-state index < -0.39 is 0 Å². The molecule has 1 heterocycles. The average molecular weight is 305 g/mol. The number of thiocarbonyl (C=S) groups is 1. The second kappa shape index (κ2) is 7.70. The molecule has 1 aromatic heterocycles. The molecule has 0 amide bonds. The first-order valence-corrected chi connectivity index (χ1v) is 7.07. The smallest absolute Gasteiger partial charge is 0.248 e. The van der Waals surface area contributed by atoms with Crippen LogP contribution in [0.25, 0.3) is 0 Å². The van der Waals surface area contributed by atoms with E-state index in [1.165, 1.54) is 11.1 Å². The maximum absolute atomic E-state index is 5.14. The Kier molecular flexibility index (Phi) is 5.65. The molecule has 112 valence electrons. The Bertz CT molecular complexity index is 599. The number of hydrogen-bond donors (Lipinski definition) is 2. The van der Waals surface area contributed by atoms with Crippen LogP contribution in [0.15, 0.2) is 30.6 Å². The van der Waals surface area contributed by atoms with Crippen LogP contribution in [0, 0.1) is 6.92 Å². The summed E-state index contributed by atoms with van der Waals surface area (Å²) in [7, 11) is 1.65. The van der Waals surface area contributed by atoms with E-state index in [9.17, 15) is 0 Å². The number of ether oxygens (including phenoxy) is 1. The highest BCUT2D eigenvalue weighted by molar-refractivity contribution is 7.80. The Labute approximate surface area is 129 Å². The second-order valence-corrected chi connectivity index (χ2v) is 5.04. The van der Waals surface area contributed by atoms with Crippen molar-refractivity contribution < 1.29 is 4.74 Å². The lowest BCUT2D eigenvalue weighted by molar-refractivity contribution is 0.204. The molecule has 0 spiro atoms. The van der Waals surface area contributed by atoms with Crippen molar-refractivity contribution in [1.29, 1.82) is 0 Å². The summed E-state index contributed by atoms with van der Waals surface area (Å²) >= 11 is 5.14. The van der Waals surface area contributed by atoms with Crippen LogP contribution in [0.2, 0.25) is 0 Å². The molecule has 7 heteroatoms. The van der Waals surface area contributed by atoms with E-state index in [0.29, 0.717) is 30.8 Å². The Hall–Kier alpha value is -1.99. The van der Waals surface area contributed by atoms with E-state index in [1.807, 2.05) is 6.07 Å². The number of aryl methyl sites for hydroxylation is 1. The minimum Gasteiger partial charge on any atom is -0.383 e. The summed E-state index contributed by atoms with van der Waals surface area (Å²) in [4.78, 5) is 4.18. The third-order valence-electron chi connectivity index (χ3n) is 2.78. The zero-order valence-corrected chi connectivity index (χ0v) is 13.0. The Morgan fingerprint density at radius 3 is 3.05 bits per heavy atom. The van der Waals surface area contributed by atoms with Crippen LogP contribution >= 0.6 is 12.2 Å². The molecule has 0 fully saturated rings. The molecule has 0 aliphatic carbocycles. The van der Waals surface area contributed by atoms with Gasteiger partial charge in [0.25, 0.3) is 0 Å². The van der Waals surface area contributed by atoms with Gasteiger partial charge in [-0.1, -0.05) is 29.8 Å². The van der Waals surface area contributed by atoms with Gasteiger partial charge >= 0.3 is 0 Å². The first-order chi connectivity index (χ1) is 10.2. The third kappa shape index (κ3) is 5.13. The van der Waals surface area contributed by atoms with Crippen molar-refractivity contribution in [2.24, 2.45) is 0 Å². The minimum atomic E-state index is 0.484. The van der Waals surface area contributed by atoms with E-state index in [1.54, 1.807) is 18.1 Å². The monoisotopic (exact) mass is 305 g/mol. The Morgan fingerprint density at radius 1 is 1.43 bits per heavy atom. The Morgan fingerprint density at radius 2 is 2.29 bits per heavy atom. The van der Waals surface area contributed by atoms with Crippen LogP contribution in [-0.4, -0.2) is 40.1 Å². The van der Waals surface area contributed by atoms with Crippen molar-refractivity contribution in [3.63, 3.8) is 0 Å². The fourth-order valence-electron chi connectivity index (χ4n) is 1.84. The molecule has 2 N–H and O–H groups in total. The molecule has 6 nitrogen and oxygen atoms in total. The van der Waals surface area contributed by atoms with E-state index in [4.69, 9.17) is 17.0 Å². The molecular formula is C14H19N5OS. The Balaban J connectivity index is 1.88. The van der Waals surface area contributed by atoms with Crippen molar-refractivity contribution in [3.8, 4) is 0 Å². The molecule has 1 aromatic carbocycles. The van der Waals surface area contributed by atoms with Crippen LogP contribution in [0.4, 0.5) is 5.95 Å². The molecule has 0 bridgehead atoms. The summed E-state index contributed by atoms with van der Waals surface area (Å²) < 4.78 is 6.71. The first-order valence-electron chi connectivity index (χ1n) is 6.66. The van der Waals surface area contributed by atoms with Crippen molar-refractivity contribution in [2.75, 3.05) is 25.6 Å². The summed E-state index contributed by atoms with van der Waals surface area (Å²) in [6.07, 6.45) is 1.68. The lowest BCUT2D eigenvalue weighted by atomic mass is 10.1. The van der Waals surface area contributed by atoms with Crippen molar-refractivity contribution in [1.82, 2.24) is 20.1 Å². The molecule has 0 saturated heterocycles. The van der Waals surface area contributed by atoms with Gasteiger partial charge < -0.3 is 10.1 Å². The SMILES string of the molecule is COCCNC(=S)Nc1ncn(Cc2cccc(C)c2)n1. The van der Waals surface area contributed by atoms with Gasteiger partial charge in [0, 0.05) is 13.7 Å². The molecule has 21 heavy (non-hydrogen) atoms. The van der Waals surface area contributed by atoms with Gasteiger partial charge in [-0.15, -0.1) is 5.10 Å². The highest BCUT2D eigenvalue weighted by Crippen LogP contribution is 2.06. The van der Waals surface area contributed by atoms with E-state index in [2.05, 4.69) is 45.8 Å². The van der Waals surface area contributed by atoms with Crippen LogP contribution < -0.4 is 10.6 Å². The molecule has 0 unspecified atom stereocenters. The summed E-state index contributed by atoms with van der Waals surface area (Å²) in [5, 5.41) is 10.8.